The molecule has 0 radical (unpaired) electrons. The van der Waals surface area contributed by atoms with Crippen LogP contribution in [0.1, 0.15) is 45.4 Å². The summed E-state index contributed by atoms with van der Waals surface area (Å²) in [7, 11) is 0. The maximum atomic E-state index is 12.0. The molecular formula is C12H22N2O. The lowest BCUT2D eigenvalue weighted by atomic mass is 10.1. The normalized spacial score (nSPS) is 22.5. The third-order valence-corrected chi connectivity index (χ3v) is 3.42. The Balaban J connectivity index is 1.82. The van der Waals surface area contributed by atoms with Crippen LogP contribution in [0, 0.1) is 5.92 Å². The summed E-state index contributed by atoms with van der Waals surface area (Å²) in [5.41, 5.74) is 5.83. The number of nitrogens with two attached hydrogens (primary N) is 1. The minimum absolute atomic E-state index is 0.0537. The second kappa shape index (κ2) is 4.52. The van der Waals surface area contributed by atoms with E-state index < -0.39 is 0 Å². The van der Waals surface area contributed by atoms with E-state index in [4.69, 9.17) is 5.73 Å². The van der Waals surface area contributed by atoms with Gasteiger partial charge in [0, 0.05) is 25.0 Å². The van der Waals surface area contributed by atoms with Gasteiger partial charge in [-0.3, -0.25) is 4.79 Å². The van der Waals surface area contributed by atoms with Gasteiger partial charge in [-0.15, -0.1) is 0 Å². The van der Waals surface area contributed by atoms with Crippen LogP contribution in [-0.4, -0.2) is 29.4 Å². The van der Waals surface area contributed by atoms with Gasteiger partial charge in [-0.1, -0.05) is 6.92 Å². The first-order valence-corrected chi connectivity index (χ1v) is 6.25. The van der Waals surface area contributed by atoms with Gasteiger partial charge in [-0.2, -0.15) is 0 Å². The molecular weight excluding hydrogens is 188 g/mol. The minimum atomic E-state index is 0.0537. The summed E-state index contributed by atoms with van der Waals surface area (Å²) in [4.78, 5) is 14.1. The molecule has 2 N–H and O–H groups in total. The third-order valence-electron chi connectivity index (χ3n) is 3.42. The van der Waals surface area contributed by atoms with Crippen molar-refractivity contribution in [3.63, 3.8) is 0 Å². The third kappa shape index (κ3) is 3.20. The lowest BCUT2D eigenvalue weighted by Gasteiger charge is -2.23. The zero-order chi connectivity index (χ0) is 10.8. The van der Waals surface area contributed by atoms with E-state index in [9.17, 15) is 4.79 Å². The Morgan fingerprint density at radius 3 is 2.53 bits per heavy atom. The molecule has 86 valence electrons. The van der Waals surface area contributed by atoms with Crippen LogP contribution in [0.15, 0.2) is 0 Å². The molecule has 2 fully saturated rings. The first kappa shape index (κ1) is 10.9. The van der Waals surface area contributed by atoms with E-state index in [0.29, 0.717) is 18.4 Å². The molecule has 0 aromatic heterocycles. The molecule has 2 aliphatic carbocycles. The Labute approximate surface area is 92.0 Å². The van der Waals surface area contributed by atoms with E-state index in [1.54, 1.807) is 0 Å². The van der Waals surface area contributed by atoms with Crippen molar-refractivity contribution in [3.05, 3.63) is 0 Å². The predicted molar refractivity (Wildman–Crippen MR) is 60.3 cm³/mol. The van der Waals surface area contributed by atoms with Crippen LogP contribution >= 0.6 is 0 Å². The van der Waals surface area contributed by atoms with Gasteiger partial charge in [0.15, 0.2) is 0 Å². The number of carbonyl (C=O) groups excluding carboxylic acids is 1. The number of nitrogens with zero attached hydrogens (tertiary/aromatic N) is 1. The Kier molecular flexibility index (Phi) is 3.29. The average Bonchev–Trinajstić information content (AvgIpc) is 3.04. The maximum absolute atomic E-state index is 12.0. The summed E-state index contributed by atoms with van der Waals surface area (Å²) < 4.78 is 0. The Morgan fingerprint density at radius 1 is 1.40 bits per heavy atom. The molecule has 3 heteroatoms. The molecule has 0 bridgehead atoms. The number of carbonyl (C=O) groups is 1. The molecule has 1 atom stereocenters. The lowest BCUT2D eigenvalue weighted by Crippen LogP contribution is -2.38. The van der Waals surface area contributed by atoms with Crippen molar-refractivity contribution in [1.82, 2.24) is 4.90 Å². The van der Waals surface area contributed by atoms with Gasteiger partial charge >= 0.3 is 0 Å². The minimum Gasteiger partial charge on any atom is -0.339 e. The quantitative estimate of drug-likeness (QED) is 0.722. The van der Waals surface area contributed by atoms with Crippen molar-refractivity contribution >= 4 is 5.91 Å². The van der Waals surface area contributed by atoms with E-state index in [0.717, 1.165) is 18.9 Å². The fourth-order valence-corrected chi connectivity index (χ4v) is 1.91. The molecule has 0 saturated heterocycles. The summed E-state index contributed by atoms with van der Waals surface area (Å²) in [6.07, 6.45) is 6.49. The fourth-order valence-electron chi connectivity index (χ4n) is 1.91. The van der Waals surface area contributed by atoms with Crippen LogP contribution < -0.4 is 5.73 Å². The first-order chi connectivity index (χ1) is 7.20. The second-order valence-corrected chi connectivity index (χ2v) is 5.09. The van der Waals surface area contributed by atoms with Crippen LogP contribution in [0.5, 0.6) is 0 Å². The SMILES string of the molecule is CCC(N)CC(=O)N(CC1CC1)C1CC1. The molecule has 0 spiro atoms. The van der Waals surface area contributed by atoms with Crippen LogP contribution in [0.4, 0.5) is 0 Å². The molecule has 1 unspecified atom stereocenters. The van der Waals surface area contributed by atoms with Crippen LogP contribution in [0.25, 0.3) is 0 Å². The van der Waals surface area contributed by atoms with Gasteiger partial charge < -0.3 is 10.6 Å². The fraction of sp³-hybridized carbons (Fsp3) is 0.917. The van der Waals surface area contributed by atoms with Crippen molar-refractivity contribution in [1.29, 1.82) is 0 Å². The molecule has 0 aromatic rings. The highest BCUT2D eigenvalue weighted by atomic mass is 16.2. The van der Waals surface area contributed by atoms with Crippen molar-refractivity contribution in [2.24, 2.45) is 11.7 Å². The van der Waals surface area contributed by atoms with E-state index in [1.807, 2.05) is 6.92 Å². The Hall–Kier alpha value is -0.570. The largest absolute Gasteiger partial charge is 0.339 e. The standard InChI is InChI=1S/C12H22N2O/c1-2-10(13)7-12(15)14(11-5-6-11)8-9-3-4-9/h9-11H,2-8,13H2,1H3. The Morgan fingerprint density at radius 2 is 2.07 bits per heavy atom. The summed E-state index contributed by atoms with van der Waals surface area (Å²) in [6.45, 7) is 3.04. The van der Waals surface area contributed by atoms with Crippen molar-refractivity contribution < 1.29 is 4.79 Å². The predicted octanol–water partition coefficient (Wildman–Crippen LogP) is 1.51. The van der Waals surface area contributed by atoms with Crippen LogP contribution in [0.2, 0.25) is 0 Å². The highest BCUT2D eigenvalue weighted by Crippen LogP contribution is 2.35. The van der Waals surface area contributed by atoms with Crippen molar-refractivity contribution in [2.75, 3.05) is 6.54 Å². The zero-order valence-electron chi connectivity index (χ0n) is 9.61. The van der Waals surface area contributed by atoms with Crippen LogP contribution in [-0.2, 0) is 4.79 Å². The van der Waals surface area contributed by atoms with Gasteiger partial charge in [-0.05, 0) is 38.0 Å². The molecule has 2 saturated carbocycles. The smallest absolute Gasteiger partial charge is 0.224 e. The van der Waals surface area contributed by atoms with Gasteiger partial charge in [0.05, 0.1) is 0 Å². The van der Waals surface area contributed by atoms with Crippen LogP contribution in [0.3, 0.4) is 0 Å². The van der Waals surface area contributed by atoms with E-state index in [1.165, 1.54) is 25.7 Å². The number of rotatable bonds is 6. The molecule has 0 aromatic carbocycles. The van der Waals surface area contributed by atoms with Gasteiger partial charge in [0.2, 0.25) is 5.91 Å². The average molecular weight is 210 g/mol. The molecule has 2 aliphatic rings. The topological polar surface area (TPSA) is 46.3 Å². The summed E-state index contributed by atoms with van der Waals surface area (Å²) in [5.74, 6) is 1.09. The molecule has 0 heterocycles. The highest BCUT2D eigenvalue weighted by Gasteiger charge is 2.36. The second-order valence-electron chi connectivity index (χ2n) is 5.09. The van der Waals surface area contributed by atoms with E-state index in [2.05, 4.69) is 4.90 Å². The molecule has 15 heavy (non-hydrogen) atoms. The number of hydrogen-bond acceptors (Lipinski definition) is 2. The zero-order valence-corrected chi connectivity index (χ0v) is 9.61. The molecule has 2 rings (SSSR count). The maximum Gasteiger partial charge on any atom is 0.224 e. The van der Waals surface area contributed by atoms with Gasteiger partial charge in [-0.25, -0.2) is 0 Å². The summed E-state index contributed by atoms with van der Waals surface area (Å²) in [5, 5.41) is 0. The monoisotopic (exact) mass is 210 g/mol. The van der Waals surface area contributed by atoms with E-state index >= 15 is 0 Å². The molecule has 1 amide bonds. The van der Waals surface area contributed by atoms with E-state index in [-0.39, 0.29) is 6.04 Å². The Bertz CT molecular complexity index is 234. The van der Waals surface area contributed by atoms with Crippen molar-refractivity contribution in [3.8, 4) is 0 Å². The summed E-state index contributed by atoms with van der Waals surface area (Å²) >= 11 is 0. The van der Waals surface area contributed by atoms with Crippen molar-refractivity contribution in [2.45, 2.75) is 57.5 Å². The first-order valence-electron chi connectivity index (χ1n) is 6.25. The number of hydrogen-bond donors (Lipinski definition) is 1. The molecule has 3 nitrogen and oxygen atoms in total. The van der Waals surface area contributed by atoms with Gasteiger partial charge in [0.25, 0.3) is 0 Å². The summed E-state index contributed by atoms with van der Waals surface area (Å²) in [6, 6.07) is 0.611. The number of amides is 1. The van der Waals surface area contributed by atoms with Gasteiger partial charge in [0.1, 0.15) is 0 Å². The molecule has 0 aliphatic heterocycles. The highest BCUT2D eigenvalue weighted by molar-refractivity contribution is 5.77. The lowest BCUT2D eigenvalue weighted by molar-refractivity contribution is -0.132.